The molecule has 0 spiro atoms. The van der Waals surface area contributed by atoms with Crippen LogP contribution in [0.25, 0.3) is 16.8 Å². The van der Waals surface area contributed by atoms with Crippen LogP contribution in [-0.2, 0) is 4.79 Å². The molecule has 0 saturated carbocycles. The lowest BCUT2D eigenvalue weighted by Crippen LogP contribution is -2.35. The summed E-state index contributed by atoms with van der Waals surface area (Å²) >= 11 is 0. The van der Waals surface area contributed by atoms with E-state index in [-0.39, 0.29) is 5.57 Å². The molecule has 98 valence electrons. The standard InChI is InChI=1S/C15H11N3O2/c16-9-13(14(19)18-15(17)20)8-10-5-6-11-3-1-2-4-12(11)7-10/h1-8H,(H3,17,18,19,20)/b13-8-. The number of nitrogens with two attached hydrogens (primary N) is 1. The van der Waals surface area contributed by atoms with Gasteiger partial charge in [-0.1, -0.05) is 36.4 Å². The zero-order valence-corrected chi connectivity index (χ0v) is 10.5. The molecule has 0 heterocycles. The van der Waals surface area contributed by atoms with Crippen molar-refractivity contribution in [3.8, 4) is 6.07 Å². The van der Waals surface area contributed by atoms with E-state index in [1.165, 1.54) is 6.08 Å². The van der Waals surface area contributed by atoms with Crippen molar-refractivity contribution in [1.82, 2.24) is 5.32 Å². The average Bonchev–Trinajstić information content (AvgIpc) is 2.43. The van der Waals surface area contributed by atoms with Gasteiger partial charge in [0.25, 0.3) is 5.91 Å². The van der Waals surface area contributed by atoms with Crippen LogP contribution in [0, 0.1) is 11.3 Å². The van der Waals surface area contributed by atoms with Crippen molar-refractivity contribution in [2.24, 2.45) is 5.73 Å². The number of benzene rings is 2. The van der Waals surface area contributed by atoms with Gasteiger partial charge in [0.1, 0.15) is 11.6 Å². The number of nitrogens with one attached hydrogen (secondary N) is 1. The first-order valence-electron chi connectivity index (χ1n) is 5.81. The number of amides is 3. The van der Waals surface area contributed by atoms with E-state index >= 15 is 0 Å². The van der Waals surface area contributed by atoms with Gasteiger partial charge in [0.2, 0.25) is 0 Å². The van der Waals surface area contributed by atoms with Gasteiger partial charge >= 0.3 is 6.03 Å². The van der Waals surface area contributed by atoms with E-state index in [9.17, 15) is 9.59 Å². The highest BCUT2D eigenvalue weighted by Gasteiger charge is 2.10. The molecular weight excluding hydrogens is 254 g/mol. The van der Waals surface area contributed by atoms with Crippen LogP contribution < -0.4 is 11.1 Å². The number of imide groups is 1. The molecule has 0 unspecified atom stereocenters. The van der Waals surface area contributed by atoms with Crippen molar-refractivity contribution in [3.63, 3.8) is 0 Å². The van der Waals surface area contributed by atoms with Gasteiger partial charge in [0.05, 0.1) is 0 Å². The minimum absolute atomic E-state index is 0.181. The Morgan fingerprint density at radius 2 is 1.85 bits per heavy atom. The van der Waals surface area contributed by atoms with Gasteiger partial charge in [0, 0.05) is 0 Å². The minimum Gasteiger partial charge on any atom is -0.351 e. The van der Waals surface area contributed by atoms with Gasteiger partial charge in [-0.15, -0.1) is 0 Å². The first-order chi connectivity index (χ1) is 9.60. The molecule has 0 aromatic heterocycles. The van der Waals surface area contributed by atoms with Crippen LogP contribution in [0.1, 0.15) is 5.56 Å². The number of nitriles is 1. The van der Waals surface area contributed by atoms with E-state index < -0.39 is 11.9 Å². The summed E-state index contributed by atoms with van der Waals surface area (Å²) in [6, 6.07) is 14.0. The Labute approximate surface area is 115 Å². The van der Waals surface area contributed by atoms with Gasteiger partial charge < -0.3 is 5.73 Å². The molecule has 5 nitrogen and oxygen atoms in total. The summed E-state index contributed by atoms with van der Waals surface area (Å²) in [6.07, 6.45) is 1.41. The summed E-state index contributed by atoms with van der Waals surface area (Å²) in [5.74, 6) is -0.812. The number of hydrogen-bond acceptors (Lipinski definition) is 3. The Morgan fingerprint density at radius 1 is 1.15 bits per heavy atom. The van der Waals surface area contributed by atoms with Crippen LogP contribution in [-0.4, -0.2) is 11.9 Å². The molecule has 0 aliphatic heterocycles. The van der Waals surface area contributed by atoms with Gasteiger partial charge in [0.15, 0.2) is 0 Å². The van der Waals surface area contributed by atoms with Crippen LogP contribution in [0.3, 0.4) is 0 Å². The Kier molecular flexibility index (Phi) is 3.77. The molecule has 5 heteroatoms. The number of carbonyl (C=O) groups is 2. The Morgan fingerprint density at radius 3 is 2.50 bits per heavy atom. The molecule has 0 radical (unpaired) electrons. The third-order valence-corrected chi connectivity index (χ3v) is 2.69. The lowest BCUT2D eigenvalue weighted by Gasteiger charge is -2.01. The lowest BCUT2D eigenvalue weighted by atomic mass is 10.1. The Hall–Kier alpha value is -3.13. The summed E-state index contributed by atoms with van der Waals surface area (Å²) in [4.78, 5) is 22.2. The number of fused-ring (bicyclic) bond motifs is 1. The van der Waals surface area contributed by atoms with E-state index in [1.54, 1.807) is 12.1 Å². The second kappa shape index (κ2) is 5.67. The van der Waals surface area contributed by atoms with Crippen molar-refractivity contribution in [3.05, 3.63) is 53.6 Å². The molecule has 0 atom stereocenters. The topological polar surface area (TPSA) is 96.0 Å². The van der Waals surface area contributed by atoms with Crippen molar-refractivity contribution < 1.29 is 9.59 Å². The molecule has 0 aliphatic carbocycles. The van der Waals surface area contributed by atoms with Crippen LogP contribution in [0.2, 0.25) is 0 Å². The molecule has 0 bridgehead atoms. The zero-order valence-electron chi connectivity index (χ0n) is 10.5. The quantitative estimate of drug-likeness (QED) is 0.641. The minimum atomic E-state index is -0.991. The summed E-state index contributed by atoms with van der Waals surface area (Å²) < 4.78 is 0. The Bertz CT molecular complexity index is 757. The van der Waals surface area contributed by atoms with Gasteiger partial charge in [-0.25, -0.2) is 4.79 Å². The van der Waals surface area contributed by atoms with Crippen molar-refractivity contribution in [2.45, 2.75) is 0 Å². The summed E-state index contributed by atoms with van der Waals surface area (Å²) in [6.45, 7) is 0. The fraction of sp³-hybridized carbons (Fsp3) is 0. The molecule has 0 saturated heterocycles. The average molecular weight is 265 g/mol. The third kappa shape index (κ3) is 3.00. The normalized spacial score (nSPS) is 10.8. The van der Waals surface area contributed by atoms with Crippen molar-refractivity contribution in [2.75, 3.05) is 0 Å². The molecule has 20 heavy (non-hydrogen) atoms. The molecule has 3 amide bonds. The highest BCUT2D eigenvalue weighted by atomic mass is 16.2. The van der Waals surface area contributed by atoms with Crippen LogP contribution >= 0.6 is 0 Å². The first kappa shape index (κ1) is 13.3. The van der Waals surface area contributed by atoms with E-state index in [0.29, 0.717) is 5.56 Å². The predicted molar refractivity (Wildman–Crippen MR) is 75.3 cm³/mol. The number of nitrogens with zero attached hydrogens (tertiary/aromatic N) is 1. The molecule has 0 fully saturated rings. The van der Waals surface area contributed by atoms with E-state index in [0.717, 1.165) is 10.8 Å². The molecule has 2 aromatic carbocycles. The fourth-order valence-corrected chi connectivity index (χ4v) is 1.79. The monoisotopic (exact) mass is 265 g/mol. The first-order valence-corrected chi connectivity index (χ1v) is 5.81. The molecule has 2 aromatic rings. The molecule has 2 rings (SSSR count). The van der Waals surface area contributed by atoms with Crippen molar-refractivity contribution >= 4 is 28.8 Å². The number of carbonyl (C=O) groups excluding carboxylic acids is 2. The number of urea groups is 1. The SMILES string of the molecule is N#C/C(=C/c1ccc2ccccc2c1)C(=O)NC(N)=O. The highest BCUT2D eigenvalue weighted by Crippen LogP contribution is 2.17. The smallest absolute Gasteiger partial charge is 0.319 e. The summed E-state index contributed by atoms with van der Waals surface area (Å²) in [7, 11) is 0. The maximum Gasteiger partial charge on any atom is 0.319 e. The van der Waals surface area contributed by atoms with Crippen LogP contribution in [0.5, 0.6) is 0 Å². The second-order valence-electron chi connectivity index (χ2n) is 4.09. The Balaban J connectivity index is 2.37. The lowest BCUT2D eigenvalue weighted by molar-refractivity contribution is -0.115. The summed E-state index contributed by atoms with van der Waals surface area (Å²) in [5, 5.41) is 12.9. The van der Waals surface area contributed by atoms with E-state index in [4.69, 9.17) is 11.0 Å². The van der Waals surface area contributed by atoms with Crippen molar-refractivity contribution in [1.29, 1.82) is 5.26 Å². The predicted octanol–water partition coefficient (Wildman–Crippen LogP) is 1.94. The summed E-state index contributed by atoms with van der Waals surface area (Å²) in [5.41, 5.74) is 5.36. The largest absolute Gasteiger partial charge is 0.351 e. The molecule has 3 N–H and O–H groups in total. The third-order valence-electron chi connectivity index (χ3n) is 2.69. The fourth-order valence-electron chi connectivity index (χ4n) is 1.79. The highest BCUT2D eigenvalue weighted by molar-refractivity contribution is 6.08. The maximum absolute atomic E-state index is 11.5. The number of hydrogen-bond donors (Lipinski definition) is 2. The molecular formula is C15H11N3O2. The van der Waals surface area contributed by atoms with Crippen LogP contribution in [0.15, 0.2) is 48.0 Å². The van der Waals surface area contributed by atoms with Gasteiger partial charge in [-0.2, -0.15) is 5.26 Å². The van der Waals surface area contributed by atoms with E-state index in [1.807, 2.05) is 41.7 Å². The second-order valence-corrected chi connectivity index (χ2v) is 4.09. The maximum atomic E-state index is 11.5. The van der Waals surface area contributed by atoms with E-state index in [2.05, 4.69) is 0 Å². The zero-order chi connectivity index (χ0) is 14.5. The van der Waals surface area contributed by atoms with Gasteiger partial charge in [-0.3, -0.25) is 10.1 Å². The number of primary amides is 1. The van der Waals surface area contributed by atoms with Crippen LogP contribution in [0.4, 0.5) is 4.79 Å². The van der Waals surface area contributed by atoms with Gasteiger partial charge in [-0.05, 0) is 28.5 Å². The number of rotatable bonds is 2. The molecule has 0 aliphatic rings.